The van der Waals surface area contributed by atoms with Crippen molar-refractivity contribution in [3.63, 3.8) is 0 Å². The largest absolute Gasteiger partial charge is 0.481 e. The van der Waals surface area contributed by atoms with E-state index in [9.17, 15) is 9.90 Å². The maximum Gasteiger partial charge on any atom is 0.311 e. The van der Waals surface area contributed by atoms with Crippen molar-refractivity contribution in [2.45, 2.75) is 20.3 Å². The Bertz CT molecular complexity index is 583. The molecule has 0 saturated carbocycles. The van der Waals surface area contributed by atoms with Gasteiger partial charge in [-0.2, -0.15) is 4.68 Å². The Morgan fingerprint density at radius 2 is 2.10 bits per heavy atom. The molecule has 20 heavy (non-hydrogen) atoms. The van der Waals surface area contributed by atoms with E-state index < -0.39 is 11.4 Å². The van der Waals surface area contributed by atoms with E-state index >= 15 is 0 Å². The first-order chi connectivity index (χ1) is 9.57. The molecule has 0 fully saturated rings. The van der Waals surface area contributed by atoms with Gasteiger partial charge in [-0.3, -0.25) is 4.79 Å². The minimum Gasteiger partial charge on any atom is -0.481 e. The number of carbonyl (C=O) groups is 1. The number of hydrogen-bond donors (Lipinski definition) is 2. The van der Waals surface area contributed by atoms with Gasteiger partial charge in [-0.15, -0.1) is 0 Å². The molecular formula is C13H17N5O2. The molecule has 2 rings (SSSR count). The van der Waals surface area contributed by atoms with Crippen molar-refractivity contribution in [1.82, 2.24) is 20.2 Å². The summed E-state index contributed by atoms with van der Waals surface area (Å²) in [7, 11) is 0. The van der Waals surface area contributed by atoms with Gasteiger partial charge in [0.05, 0.1) is 11.1 Å². The van der Waals surface area contributed by atoms with E-state index in [2.05, 4.69) is 20.8 Å². The summed E-state index contributed by atoms with van der Waals surface area (Å²) in [5, 5.41) is 23.7. The number of tetrazole rings is 1. The number of benzene rings is 1. The maximum absolute atomic E-state index is 11.3. The van der Waals surface area contributed by atoms with E-state index in [1.807, 2.05) is 37.3 Å². The third-order valence-corrected chi connectivity index (χ3v) is 3.40. The lowest BCUT2D eigenvalue weighted by Gasteiger charge is -2.23. The standard InChI is InChI=1S/C13H17N5O2/c1-3-13(2,11(19)20)9-14-12-15-16-17-18(12)10-7-5-4-6-8-10/h4-8H,3,9H2,1-2H3,(H,19,20)(H,14,15,17). The van der Waals surface area contributed by atoms with Gasteiger partial charge in [-0.25, -0.2) is 0 Å². The average molecular weight is 275 g/mol. The lowest BCUT2D eigenvalue weighted by molar-refractivity contribution is -0.147. The second-order valence-electron chi connectivity index (χ2n) is 4.82. The Hall–Kier alpha value is -2.44. The van der Waals surface area contributed by atoms with Crippen LogP contribution in [0.15, 0.2) is 30.3 Å². The van der Waals surface area contributed by atoms with E-state index in [1.54, 1.807) is 6.92 Å². The highest BCUT2D eigenvalue weighted by molar-refractivity contribution is 5.74. The summed E-state index contributed by atoms with van der Waals surface area (Å²) in [5.41, 5.74) is -0.0403. The third kappa shape index (κ3) is 2.76. The monoisotopic (exact) mass is 275 g/mol. The number of anilines is 1. The smallest absolute Gasteiger partial charge is 0.311 e. The van der Waals surface area contributed by atoms with Gasteiger partial charge in [-0.05, 0) is 35.9 Å². The number of rotatable bonds is 6. The first-order valence-electron chi connectivity index (χ1n) is 6.38. The molecule has 0 radical (unpaired) electrons. The summed E-state index contributed by atoms with van der Waals surface area (Å²) < 4.78 is 1.54. The molecule has 0 amide bonds. The zero-order chi connectivity index (χ0) is 14.6. The SMILES string of the molecule is CCC(C)(CNc1nnnn1-c1ccccc1)C(=O)O. The van der Waals surface area contributed by atoms with Crippen LogP contribution in [0.2, 0.25) is 0 Å². The minimum absolute atomic E-state index is 0.256. The van der Waals surface area contributed by atoms with Crippen molar-refractivity contribution in [2.24, 2.45) is 5.41 Å². The van der Waals surface area contributed by atoms with Gasteiger partial charge in [-0.1, -0.05) is 30.2 Å². The number of nitrogens with zero attached hydrogens (tertiary/aromatic N) is 4. The lowest BCUT2D eigenvalue weighted by atomic mass is 9.88. The molecule has 1 unspecified atom stereocenters. The Balaban J connectivity index is 2.16. The first-order valence-corrected chi connectivity index (χ1v) is 6.38. The highest BCUT2D eigenvalue weighted by atomic mass is 16.4. The highest BCUT2D eigenvalue weighted by Crippen LogP contribution is 2.22. The van der Waals surface area contributed by atoms with Crippen LogP contribution < -0.4 is 5.32 Å². The predicted octanol–water partition coefficient (Wildman–Crippen LogP) is 1.58. The molecule has 1 atom stereocenters. The molecule has 7 nitrogen and oxygen atoms in total. The third-order valence-electron chi connectivity index (χ3n) is 3.40. The lowest BCUT2D eigenvalue weighted by Crippen LogP contribution is -2.34. The van der Waals surface area contributed by atoms with Gasteiger partial charge in [0.25, 0.3) is 0 Å². The molecule has 1 heterocycles. The Morgan fingerprint density at radius 1 is 1.40 bits per heavy atom. The van der Waals surface area contributed by atoms with Crippen molar-refractivity contribution < 1.29 is 9.90 Å². The van der Waals surface area contributed by atoms with Crippen molar-refractivity contribution in [1.29, 1.82) is 0 Å². The van der Waals surface area contributed by atoms with Crippen molar-refractivity contribution >= 4 is 11.9 Å². The second kappa shape index (κ2) is 5.68. The fourth-order valence-corrected chi connectivity index (χ4v) is 1.67. The molecule has 0 saturated heterocycles. The molecule has 0 spiro atoms. The van der Waals surface area contributed by atoms with Crippen LogP contribution in [0.25, 0.3) is 5.69 Å². The van der Waals surface area contributed by atoms with Gasteiger partial charge < -0.3 is 10.4 Å². The van der Waals surface area contributed by atoms with Gasteiger partial charge >= 0.3 is 5.97 Å². The van der Waals surface area contributed by atoms with Gasteiger partial charge in [0.2, 0.25) is 5.95 Å². The van der Waals surface area contributed by atoms with Crippen LogP contribution in [0, 0.1) is 5.41 Å². The summed E-state index contributed by atoms with van der Waals surface area (Å²) in [4.78, 5) is 11.3. The zero-order valence-electron chi connectivity index (χ0n) is 11.4. The Labute approximate surface area is 116 Å². The van der Waals surface area contributed by atoms with Crippen LogP contribution in [0.1, 0.15) is 20.3 Å². The summed E-state index contributed by atoms with van der Waals surface area (Å²) in [5.74, 6) is -0.414. The molecule has 106 valence electrons. The molecule has 0 bridgehead atoms. The van der Waals surface area contributed by atoms with Crippen molar-refractivity contribution in [3.05, 3.63) is 30.3 Å². The van der Waals surface area contributed by atoms with E-state index in [0.29, 0.717) is 12.4 Å². The molecule has 2 N–H and O–H groups in total. The molecular weight excluding hydrogens is 258 g/mol. The maximum atomic E-state index is 11.3. The molecule has 0 aliphatic rings. The van der Waals surface area contributed by atoms with Gasteiger partial charge in [0, 0.05) is 6.54 Å². The number of aliphatic carboxylic acids is 1. The molecule has 1 aromatic heterocycles. The van der Waals surface area contributed by atoms with Gasteiger partial charge in [0.15, 0.2) is 0 Å². The summed E-state index contributed by atoms with van der Waals surface area (Å²) in [6.45, 7) is 3.79. The van der Waals surface area contributed by atoms with Crippen LogP contribution >= 0.6 is 0 Å². The molecule has 1 aromatic carbocycles. The molecule has 0 aliphatic carbocycles. The summed E-state index contributed by atoms with van der Waals surface area (Å²) >= 11 is 0. The number of carboxylic acid groups (broad SMARTS) is 1. The number of aromatic nitrogens is 4. The van der Waals surface area contributed by atoms with E-state index in [-0.39, 0.29) is 6.54 Å². The topological polar surface area (TPSA) is 92.9 Å². The van der Waals surface area contributed by atoms with E-state index in [4.69, 9.17) is 0 Å². The number of para-hydroxylation sites is 1. The fraction of sp³-hybridized carbons (Fsp3) is 0.385. The quantitative estimate of drug-likeness (QED) is 0.831. The normalized spacial score (nSPS) is 13.7. The van der Waals surface area contributed by atoms with E-state index in [0.717, 1.165) is 5.69 Å². The summed E-state index contributed by atoms with van der Waals surface area (Å²) in [6.07, 6.45) is 0.516. The molecule has 0 aliphatic heterocycles. The van der Waals surface area contributed by atoms with Crippen molar-refractivity contribution in [2.75, 3.05) is 11.9 Å². The fourth-order valence-electron chi connectivity index (χ4n) is 1.67. The van der Waals surface area contributed by atoms with Crippen LogP contribution in [0.3, 0.4) is 0 Å². The number of hydrogen-bond acceptors (Lipinski definition) is 5. The zero-order valence-corrected chi connectivity index (χ0v) is 11.4. The first kappa shape index (κ1) is 14.0. The van der Waals surface area contributed by atoms with Gasteiger partial charge in [0.1, 0.15) is 0 Å². The van der Waals surface area contributed by atoms with Crippen LogP contribution in [0.4, 0.5) is 5.95 Å². The van der Waals surface area contributed by atoms with Crippen LogP contribution in [-0.4, -0.2) is 37.8 Å². The number of nitrogens with one attached hydrogen (secondary N) is 1. The average Bonchev–Trinajstić information content (AvgIpc) is 2.94. The van der Waals surface area contributed by atoms with E-state index in [1.165, 1.54) is 4.68 Å². The van der Waals surface area contributed by atoms with Crippen molar-refractivity contribution in [3.8, 4) is 5.69 Å². The van der Waals surface area contributed by atoms with Crippen LogP contribution in [0.5, 0.6) is 0 Å². The Kier molecular flexibility index (Phi) is 3.97. The second-order valence-corrected chi connectivity index (χ2v) is 4.82. The molecule has 7 heteroatoms. The summed E-state index contributed by atoms with van der Waals surface area (Å²) in [6, 6.07) is 9.41. The van der Waals surface area contributed by atoms with Crippen LogP contribution in [-0.2, 0) is 4.79 Å². The molecule has 2 aromatic rings. The predicted molar refractivity (Wildman–Crippen MR) is 73.7 cm³/mol. The minimum atomic E-state index is -0.854. The highest BCUT2D eigenvalue weighted by Gasteiger charge is 2.31. The number of carboxylic acids is 1. The Morgan fingerprint density at radius 3 is 2.70 bits per heavy atom.